The molecule has 0 saturated carbocycles. The van der Waals surface area contributed by atoms with Crippen LogP contribution in [-0.4, -0.2) is 17.5 Å². The molecule has 3 aromatic carbocycles. The number of hydrogen-bond donors (Lipinski definition) is 2. The molecule has 0 heterocycles. The minimum absolute atomic E-state index is 0.0131. The monoisotopic (exact) mass is 465 g/mol. The Morgan fingerprint density at radius 3 is 2.19 bits per heavy atom. The minimum atomic E-state index is -0.371. The van der Waals surface area contributed by atoms with Gasteiger partial charge >= 0.3 is 0 Å². The molecule has 0 aromatic heterocycles. The molecular weight excluding hydrogens is 445 g/mol. The number of nitrogens with zero attached hydrogens (tertiary/aromatic N) is 1. The maximum Gasteiger partial charge on any atom is 0.240 e. The molecule has 2 amide bonds. The summed E-state index contributed by atoms with van der Waals surface area (Å²) in [7, 11) is 0. The van der Waals surface area contributed by atoms with Gasteiger partial charge in [0.1, 0.15) is 0 Å². The van der Waals surface area contributed by atoms with E-state index in [1.807, 2.05) is 72.8 Å². The van der Waals surface area contributed by atoms with Gasteiger partial charge in [-0.25, -0.2) is 5.43 Å². The molecule has 7 heteroatoms. The number of rotatable bonds is 8. The average Bonchev–Trinajstić information content (AvgIpc) is 2.81. The van der Waals surface area contributed by atoms with Crippen LogP contribution >= 0.6 is 23.2 Å². The highest BCUT2D eigenvalue weighted by Crippen LogP contribution is 2.25. The molecule has 0 unspecified atom stereocenters. The lowest BCUT2D eigenvalue weighted by molar-refractivity contribution is -0.124. The molecule has 0 atom stereocenters. The van der Waals surface area contributed by atoms with Crippen molar-refractivity contribution in [3.05, 3.63) is 106 Å². The van der Waals surface area contributed by atoms with Crippen molar-refractivity contribution >= 4 is 52.5 Å². The summed E-state index contributed by atoms with van der Waals surface area (Å²) < 4.78 is 0. The Hall–Kier alpha value is -3.41. The van der Waals surface area contributed by atoms with Gasteiger partial charge in [-0.3, -0.25) is 9.59 Å². The Kier molecular flexibility index (Phi) is 8.61. The molecule has 0 bridgehead atoms. The van der Waals surface area contributed by atoms with Gasteiger partial charge in [0.05, 0.1) is 16.4 Å². The van der Waals surface area contributed by atoms with Gasteiger partial charge in [0, 0.05) is 23.4 Å². The number of allylic oxidation sites excluding steroid dienone is 1. The second-order valence-electron chi connectivity index (χ2n) is 6.81. The fraction of sp³-hybridized carbons (Fsp3) is 0.0800. The predicted molar refractivity (Wildman–Crippen MR) is 131 cm³/mol. The van der Waals surface area contributed by atoms with E-state index < -0.39 is 0 Å². The van der Waals surface area contributed by atoms with Crippen LogP contribution in [0.4, 0.5) is 5.69 Å². The third kappa shape index (κ3) is 7.38. The summed E-state index contributed by atoms with van der Waals surface area (Å²) in [6.07, 6.45) is 3.72. The minimum Gasteiger partial charge on any atom is -0.325 e. The van der Waals surface area contributed by atoms with E-state index in [2.05, 4.69) is 15.8 Å². The summed E-state index contributed by atoms with van der Waals surface area (Å²) in [5.74, 6) is -0.704. The highest BCUT2D eigenvalue weighted by atomic mass is 35.5. The molecule has 0 aliphatic carbocycles. The van der Waals surface area contributed by atoms with Gasteiger partial charge in [-0.1, -0.05) is 89.9 Å². The van der Waals surface area contributed by atoms with E-state index in [0.29, 0.717) is 21.4 Å². The maximum absolute atomic E-state index is 12.3. The normalized spacial score (nSPS) is 11.4. The van der Waals surface area contributed by atoms with Gasteiger partial charge in [0.15, 0.2) is 0 Å². The second kappa shape index (κ2) is 11.8. The van der Waals surface area contributed by atoms with Crippen molar-refractivity contribution in [3.63, 3.8) is 0 Å². The van der Waals surface area contributed by atoms with Gasteiger partial charge < -0.3 is 5.32 Å². The maximum atomic E-state index is 12.3. The second-order valence-corrected chi connectivity index (χ2v) is 7.66. The predicted octanol–water partition coefficient (Wildman–Crippen LogP) is 5.95. The number of nitrogens with one attached hydrogen (secondary N) is 2. The number of amides is 2. The summed E-state index contributed by atoms with van der Waals surface area (Å²) >= 11 is 11.9. The smallest absolute Gasteiger partial charge is 0.240 e. The first kappa shape index (κ1) is 23.3. The van der Waals surface area contributed by atoms with Crippen LogP contribution in [0.2, 0.25) is 10.0 Å². The topological polar surface area (TPSA) is 70.6 Å². The van der Waals surface area contributed by atoms with E-state index in [1.54, 1.807) is 12.1 Å². The van der Waals surface area contributed by atoms with E-state index >= 15 is 0 Å². The van der Waals surface area contributed by atoms with Crippen molar-refractivity contribution < 1.29 is 9.59 Å². The fourth-order valence-electron chi connectivity index (χ4n) is 2.76. The molecule has 0 fully saturated rings. The average molecular weight is 466 g/mol. The van der Waals surface area contributed by atoms with Crippen molar-refractivity contribution in [2.24, 2.45) is 5.10 Å². The van der Waals surface area contributed by atoms with Crippen molar-refractivity contribution in [3.8, 4) is 0 Å². The highest BCUT2D eigenvalue weighted by Gasteiger charge is 2.10. The molecule has 32 heavy (non-hydrogen) atoms. The lowest BCUT2D eigenvalue weighted by Gasteiger charge is -2.07. The van der Waals surface area contributed by atoms with Gasteiger partial charge in [-0.2, -0.15) is 5.10 Å². The Labute approximate surface area is 196 Å². The molecule has 3 rings (SSSR count). The molecule has 162 valence electrons. The van der Waals surface area contributed by atoms with Gasteiger partial charge in [0.25, 0.3) is 0 Å². The SMILES string of the molecule is O=C(CCC(=O)Nc1ccc(Cl)cc1Cl)N/N=C(\C=C\c1ccccc1)c1ccccc1. The van der Waals surface area contributed by atoms with E-state index in [4.69, 9.17) is 23.2 Å². The Morgan fingerprint density at radius 2 is 1.50 bits per heavy atom. The van der Waals surface area contributed by atoms with Crippen molar-refractivity contribution in [1.82, 2.24) is 5.43 Å². The fourth-order valence-corrected chi connectivity index (χ4v) is 3.21. The van der Waals surface area contributed by atoms with Crippen LogP contribution in [0.3, 0.4) is 0 Å². The number of anilines is 1. The van der Waals surface area contributed by atoms with Crippen LogP contribution in [0.5, 0.6) is 0 Å². The van der Waals surface area contributed by atoms with E-state index in [0.717, 1.165) is 11.1 Å². The molecule has 0 saturated heterocycles. The standard InChI is InChI=1S/C25H21Cl2N3O2/c26-20-12-14-23(21(27)17-20)28-24(31)15-16-25(32)30-29-22(19-9-5-2-6-10-19)13-11-18-7-3-1-4-8-18/h1-14,17H,15-16H2,(H,28,31)(H,30,32)/b13-11+,29-22+. The third-order valence-electron chi connectivity index (χ3n) is 4.39. The summed E-state index contributed by atoms with van der Waals surface area (Å²) in [5, 5.41) is 7.73. The number of carbonyl (C=O) groups is 2. The largest absolute Gasteiger partial charge is 0.325 e. The first-order chi connectivity index (χ1) is 15.5. The number of halogens is 2. The van der Waals surface area contributed by atoms with Gasteiger partial charge in [0.2, 0.25) is 11.8 Å². The zero-order valence-electron chi connectivity index (χ0n) is 17.1. The quantitative estimate of drug-likeness (QED) is 0.318. The van der Waals surface area contributed by atoms with E-state index in [-0.39, 0.29) is 24.7 Å². The Bertz CT molecular complexity index is 1130. The van der Waals surface area contributed by atoms with Crippen LogP contribution in [0.25, 0.3) is 6.08 Å². The lowest BCUT2D eigenvalue weighted by Crippen LogP contribution is -2.22. The number of hydrogen-bond acceptors (Lipinski definition) is 3. The van der Waals surface area contributed by atoms with Gasteiger partial charge in [-0.15, -0.1) is 0 Å². The van der Waals surface area contributed by atoms with Crippen LogP contribution < -0.4 is 10.7 Å². The molecule has 0 aliphatic heterocycles. The van der Waals surface area contributed by atoms with Gasteiger partial charge in [-0.05, 0) is 29.8 Å². The van der Waals surface area contributed by atoms with Crippen molar-refractivity contribution in [2.45, 2.75) is 12.8 Å². The number of carbonyl (C=O) groups excluding carboxylic acids is 2. The van der Waals surface area contributed by atoms with Crippen LogP contribution in [0.1, 0.15) is 24.0 Å². The zero-order valence-corrected chi connectivity index (χ0v) is 18.6. The molecule has 0 radical (unpaired) electrons. The zero-order chi connectivity index (χ0) is 22.8. The number of benzene rings is 3. The first-order valence-corrected chi connectivity index (χ1v) is 10.7. The highest BCUT2D eigenvalue weighted by molar-refractivity contribution is 6.36. The molecule has 5 nitrogen and oxygen atoms in total. The first-order valence-electron chi connectivity index (χ1n) is 9.91. The van der Waals surface area contributed by atoms with Crippen molar-refractivity contribution in [2.75, 3.05) is 5.32 Å². The Balaban J connectivity index is 1.60. The van der Waals surface area contributed by atoms with Crippen LogP contribution in [0, 0.1) is 0 Å². The van der Waals surface area contributed by atoms with E-state index in [9.17, 15) is 9.59 Å². The van der Waals surface area contributed by atoms with Crippen LogP contribution in [-0.2, 0) is 9.59 Å². The molecular formula is C25H21Cl2N3O2. The van der Waals surface area contributed by atoms with Crippen molar-refractivity contribution in [1.29, 1.82) is 0 Å². The summed E-state index contributed by atoms with van der Waals surface area (Å²) in [6.45, 7) is 0. The molecule has 0 spiro atoms. The summed E-state index contributed by atoms with van der Waals surface area (Å²) in [6, 6.07) is 24.1. The number of hydrazone groups is 1. The third-order valence-corrected chi connectivity index (χ3v) is 4.94. The molecule has 2 N–H and O–H groups in total. The Morgan fingerprint density at radius 1 is 0.844 bits per heavy atom. The summed E-state index contributed by atoms with van der Waals surface area (Å²) in [5.41, 5.74) is 5.44. The van der Waals surface area contributed by atoms with E-state index in [1.165, 1.54) is 6.07 Å². The lowest BCUT2D eigenvalue weighted by atomic mass is 10.1. The summed E-state index contributed by atoms with van der Waals surface area (Å²) in [4.78, 5) is 24.4. The molecule has 0 aliphatic rings. The molecule has 3 aromatic rings. The van der Waals surface area contributed by atoms with Crippen LogP contribution in [0.15, 0.2) is 90.0 Å².